The smallest absolute Gasteiger partial charge is 0.0303 e. The van der Waals surface area contributed by atoms with Gasteiger partial charge in [0, 0.05) is 24.7 Å². The van der Waals surface area contributed by atoms with Crippen molar-refractivity contribution in [3.63, 3.8) is 0 Å². The second-order valence-corrected chi connectivity index (χ2v) is 12.6. The first-order valence-electron chi connectivity index (χ1n) is 11.5. The molecule has 0 radical (unpaired) electrons. The highest BCUT2D eigenvalue weighted by molar-refractivity contribution is 7.72. The molecule has 0 aliphatic carbocycles. The summed E-state index contributed by atoms with van der Waals surface area (Å²) in [5.74, 6) is 0. The lowest BCUT2D eigenvalue weighted by Gasteiger charge is -2.21. The van der Waals surface area contributed by atoms with Crippen molar-refractivity contribution in [1.82, 2.24) is 4.98 Å². The molecule has 0 aliphatic rings. The van der Waals surface area contributed by atoms with E-state index >= 15 is 0 Å². The third-order valence-corrected chi connectivity index (χ3v) is 10.9. The van der Waals surface area contributed by atoms with E-state index in [0.717, 1.165) is 12.3 Å². The van der Waals surface area contributed by atoms with Gasteiger partial charge in [-0.1, -0.05) is 127 Å². The third kappa shape index (κ3) is 5.68. The van der Waals surface area contributed by atoms with Crippen LogP contribution in [0.25, 0.3) is 0 Å². The van der Waals surface area contributed by atoms with E-state index in [1.165, 1.54) is 32.3 Å². The van der Waals surface area contributed by atoms with Gasteiger partial charge in [0.2, 0.25) is 0 Å². The zero-order chi connectivity index (χ0) is 23.0. The molecule has 1 aromatic heterocycles. The Balaban J connectivity index is 1.44. The number of rotatable bonds is 8. The number of benzene rings is 4. The molecule has 0 unspecified atom stereocenters. The van der Waals surface area contributed by atoms with Gasteiger partial charge in [-0.2, -0.15) is 0 Å². The van der Waals surface area contributed by atoms with Crippen LogP contribution in [-0.4, -0.2) is 4.98 Å². The van der Waals surface area contributed by atoms with Crippen LogP contribution in [0.4, 0.5) is 0 Å². The van der Waals surface area contributed by atoms with Crippen molar-refractivity contribution >= 4 is 37.1 Å². The van der Waals surface area contributed by atoms with Crippen LogP contribution in [0.3, 0.4) is 0 Å². The lowest BCUT2D eigenvalue weighted by molar-refractivity contribution is 1.19. The largest absolute Gasteiger partial charge is 0.264 e. The minimum absolute atomic E-state index is 0.482. The molecular weight excluding hydrogens is 448 g/mol. The number of nitrogens with zero attached hydrogens (tertiary/aromatic N) is 1. The fraction of sp³-hybridized carbons (Fsp3) is 0.0645. The summed E-state index contributed by atoms with van der Waals surface area (Å²) in [5, 5.41) is 5.63. The van der Waals surface area contributed by atoms with E-state index in [9.17, 15) is 0 Å². The third-order valence-electron chi connectivity index (χ3n) is 5.80. The van der Waals surface area contributed by atoms with Crippen molar-refractivity contribution < 1.29 is 0 Å². The Bertz CT molecular complexity index is 1110. The highest BCUT2D eigenvalue weighted by Gasteiger charge is 2.17. The summed E-state index contributed by atoms with van der Waals surface area (Å²) in [5.41, 5.74) is 2.62. The standard InChI is InChI=1S/C31H27NP2/c1-5-13-28(14-6-1)33(29-15-7-2-8-16-29)24-26-21-27(23-32-22-26)25-34(30-17-9-3-10-18-30)31-19-11-4-12-20-31/h1-23H,24-25H2. The maximum absolute atomic E-state index is 4.69. The van der Waals surface area contributed by atoms with Crippen LogP contribution in [0.15, 0.2) is 140 Å². The first-order valence-corrected chi connectivity index (χ1v) is 14.6. The van der Waals surface area contributed by atoms with Gasteiger partial charge in [-0.05, 0) is 48.2 Å². The molecule has 3 heteroatoms. The van der Waals surface area contributed by atoms with Gasteiger partial charge in [0.05, 0.1) is 0 Å². The summed E-state index contributed by atoms with van der Waals surface area (Å²) >= 11 is 0. The molecule has 0 fully saturated rings. The number of pyridine rings is 1. The van der Waals surface area contributed by atoms with Crippen LogP contribution in [0, 0.1) is 0 Å². The predicted molar refractivity (Wildman–Crippen MR) is 150 cm³/mol. The molecule has 0 bridgehead atoms. The SMILES string of the molecule is c1ccc(P(Cc2cncc(CP(c3ccccc3)c3ccccc3)c2)c2ccccc2)cc1. The predicted octanol–water partition coefficient (Wildman–Crippen LogP) is 6.35. The lowest BCUT2D eigenvalue weighted by Crippen LogP contribution is -2.14. The molecule has 0 N–H and O–H groups in total. The van der Waals surface area contributed by atoms with Gasteiger partial charge in [0.25, 0.3) is 0 Å². The van der Waals surface area contributed by atoms with Crippen molar-refractivity contribution in [2.75, 3.05) is 0 Å². The molecule has 5 rings (SSSR count). The number of aromatic nitrogens is 1. The fourth-order valence-electron chi connectivity index (χ4n) is 4.17. The van der Waals surface area contributed by atoms with E-state index in [4.69, 9.17) is 0 Å². The second kappa shape index (κ2) is 11.3. The average Bonchev–Trinajstić information content (AvgIpc) is 2.92. The van der Waals surface area contributed by atoms with Crippen molar-refractivity contribution in [2.24, 2.45) is 0 Å². The number of hydrogen-bond acceptors (Lipinski definition) is 1. The summed E-state index contributed by atoms with van der Waals surface area (Å²) < 4.78 is 0. The minimum Gasteiger partial charge on any atom is -0.264 e. The maximum Gasteiger partial charge on any atom is 0.0303 e. The Kier molecular flexibility index (Phi) is 7.57. The van der Waals surface area contributed by atoms with Gasteiger partial charge >= 0.3 is 0 Å². The van der Waals surface area contributed by atoms with Crippen LogP contribution >= 0.6 is 15.8 Å². The highest BCUT2D eigenvalue weighted by atomic mass is 31.1. The molecule has 166 valence electrons. The second-order valence-electron chi connectivity index (χ2n) is 8.22. The maximum atomic E-state index is 4.69. The highest BCUT2D eigenvalue weighted by Crippen LogP contribution is 2.40. The van der Waals surface area contributed by atoms with Crippen LogP contribution in [0.1, 0.15) is 11.1 Å². The fourth-order valence-corrected chi connectivity index (χ4v) is 8.71. The summed E-state index contributed by atoms with van der Waals surface area (Å²) in [6, 6.07) is 46.1. The Hall–Kier alpha value is -3.11. The van der Waals surface area contributed by atoms with Gasteiger partial charge in [0.15, 0.2) is 0 Å². The van der Waals surface area contributed by atoms with Crippen LogP contribution < -0.4 is 21.2 Å². The number of hydrogen-bond donors (Lipinski definition) is 0. The van der Waals surface area contributed by atoms with E-state index in [1.54, 1.807) is 0 Å². The van der Waals surface area contributed by atoms with E-state index < -0.39 is 15.8 Å². The molecule has 0 atom stereocenters. The quantitative estimate of drug-likeness (QED) is 0.239. The first kappa shape index (κ1) is 22.7. The summed E-state index contributed by atoms with van der Waals surface area (Å²) in [7, 11) is -0.964. The summed E-state index contributed by atoms with van der Waals surface area (Å²) in [6.45, 7) is 0. The van der Waals surface area contributed by atoms with Gasteiger partial charge in [-0.15, -0.1) is 0 Å². The molecular formula is C31H27NP2. The van der Waals surface area contributed by atoms with E-state index in [-0.39, 0.29) is 0 Å². The zero-order valence-corrected chi connectivity index (χ0v) is 20.8. The van der Waals surface area contributed by atoms with Crippen molar-refractivity contribution in [3.8, 4) is 0 Å². The molecule has 34 heavy (non-hydrogen) atoms. The van der Waals surface area contributed by atoms with Crippen molar-refractivity contribution in [3.05, 3.63) is 151 Å². The molecule has 0 aliphatic heterocycles. The van der Waals surface area contributed by atoms with Crippen LogP contribution in [0.2, 0.25) is 0 Å². The molecule has 0 saturated heterocycles. The Morgan fingerprint density at radius 3 is 1.00 bits per heavy atom. The van der Waals surface area contributed by atoms with Crippen molar-refractivity contribution in [1.29, 1.82) is 0 Å². The molecule has 0 amide bonds. The van der Waals surface area contributed by atoms with E-state index in [1.807, 2.05) is 0 Å². The first-order chi connectivity index (χ1) is 16.9. The van der Waals surface area contributed by atoms with Gasteiger partial charge in [-0.3, -0.25) is 4.98 Å². The lowest BCUT2D eigenvalue weighted by atomic mass is 10.2. The molecule has 4 aromatic carbocycles. The summed E-state index contributed by atoms with van der Waals surface area (Å²) in [4.78, 5) is 4.69. The molecule has 5 aromatic rings. The Morgan fingerprint density at radius 1 is 0.412 bits per heavy atom. The van der Waals surface area contributed by atoms with Gasteiger partial charge in [-0.25, -0.2) is 0 Å². The summed E-state index contributed by atoms with van der Waals surface area (Å²) in [6.07, 6.45) is 6.10. The molecule has 1 nitrogen and oxygen atoms in total. The molecule has 1 heterocycles. The van der Waals surface area contributed by atoms with Crippen LogP contribution in [-0.2, 0) is 12.3 Å². The topological polar surface area (TPSA) is 12.9 Å². The normalized spacial score (nSPS) is 11.1. The van der Waals surface area contributed by atoms with Gasteiger partial charge < -0.3 is 0 Å². The monoisotopic (exact) mass is 475 g/mol. The zero-order valence-electron chi connectivity index (χ0n) is 19.0. The van der Waals surface area contributed by atoms with E-state index in [2.05, 4.69) is 145 Å². The van der Waals surface area contributed by atoms with E-state index in [0.29, 0.717) is 0 Å². The minimum atomic E-state index is -0.482. The molecule has 0 spiro atoms. The van der Waals surface area contributed by atoms with Crippen molar-refractivity contribution in [2.45, 2.75) is 12.3 Å². The van der Waals surface area contributed by atoms with Crippen LogP contribution in [0.5, 0.6) is 0 Å². The Labute approximate surface area is 205 Å². The average molecular weight is 476 g/mol. The Morgan fingerprint density at radius 2 is 0.706 bits per heavy atom. The van der Waals surface area contributed by atoms with Gasteiger partial charge in [0.1, 0.15) is 0 Å². The molecule has 0 saturated carbocycles.